The van der Waals surface area contributed by atoms with E-state index in [1.165, 1.54) is 4.57 Å². The molecule has 1 aromatic heterocycles. The van der Waals surface area contributed by atoms with Gasteiger partial charge in [0.25, 0.3) is 0 Å². The van der Waals surface area contributed by atoms with E-state index in [1.807, 2.05) is 0 Å². The highest BCUT2D eigenvalue weighted by atomic mass is 19.2. The van der Waals surface area contributed by atoms with Crippen molar-refractivity contribution in [3.8, 4) is 5.75 Å². The Morgan fingerprint density at radius 3 is 2.50 bits per heavy atom. The number of hydrogen-bond acceptors (Lipinski definition) is 4. The highest BCUT2D eigenvalue weighted by Crippen LogP contribution is 2.36. The summed E-state index contributed by atoms with van der Waals surface area (Å²) in [6.07, 6.45) is 4.13. The van der Waals surface area contributed by atoms with E-state index in [0.717, 1.165) is 26.1 Å². The number of hydrogen-bond donors (Lipinski definition) is 0. The minimum absolute atomic E-state index is 0.0168. The van der Waals surface area contributed by atoms with Crippen LogP contribution < -0.4 is 10.2 Å². The molecule has 1 aliphatic rings. The smallest absolute Gasteiger partial charge is 0.491 e. The number of nitrogens with zero attached hydrogens (tertiary/aromatic N) is 1. The van der Waals surface area contributed by atoms with E-state index < -0.39 is 41.8 Å². The van der Waals surface area contributed by atoms with E-state index in [1.54, 1.807) is 0 Å². The summed E-state index contributed by atoms with van der Waals surface area (Å²) in [6.45, 7) is 0. The van der Waals surface area contributed by atoms with Crippen molar-refractivity contribution in [2.75, 3.05) is 7.11 Å². The van der Waals surface area contributed by atoms with E-state index in [4.69, 9.17) is 4.74 Å². The number of methoxy groups -OCH3 is 1. The Morgan fingerprint density at radius 1 is 1.27 bits per heavy atom. The van der Waals surface area contributed by atoms with Gasteiger partial charge in [0.05, 0.1) is 18.0 Å². The average molecular weight is 371 g/mol. The summed E-state index contributed by atoms with van der Waals surface area (Å²) in [5, 5.41) is -0.337. The second-order valence-corrected chi connectivity index (χ2v) is 5.99. The van der Waals surface area contributed by atoms with Crippen molar-refractivity contribution in [1.82, 2.24) is 4.57 Å². The van der Waals surface area contributed by atoms with Gasteiger partial charge in [0.1, 0.15) is 5.56 Å². The largest absolute Gasteiger partial charge is 0.798 e. The number of aromatic nitrogens is 1. The van der Waals surface area contributed by atoms with Gasteiger partial charge in [-0.2, -0.15) is 4.39 Å². The average Bonchev–Trinajstić information content (AvgIpc) is 3.11. The molecule has 138 valence electrons. The monoisotopic (exact) mass is 371 g/mol. The number of pyridine rings is 1. The van der Waals surface area contributed by atoms with E-state index in [0.29, 0.717) is 18.9 Å². The molecule has 5 nitrogen and oxygen atoms in total. The topological polar surface area (TPSA) is 57.5 Å². The molecule has 0 atom stereocenters. The third-order valence-electron chi connectivity index (χ3n) is 4.50. The Labute approximate surface area is 145 Å². The molecule has 0 bridgehead atoms. The predicted molar refractivity (Wildman–Crippen MR) is 85.6 cm³/mol. The summed E-state index contributed by atoms with van der Waals surface area (Å²) in [7, 11) is -2.28. The molecule has 0 radical (unpaired) electrons. The van der Waals surface area contributed by atoms with Crippen LogP contribution >= 0.6 is 0 Å². The Kier molecular flexibility index (Phi) is 4.93. The van der Waals surface area contributed by atoms with Crippen molar-refractivity contribution in [2.24, 2.45) is 0 Å². The van der Waals surface area contributed by atoms with Crippen LogP contribution in [0, 0.1) is 11.6 Å². The Hall–Kier alpha value is -2.52. The van der Waals surface area contributed by atoms with Gasteiger partial charge in [-0.15, -0.1) is 0 Å². The number of halogens is 4. The van der Waals surface area contributed by atoms with Gasteiger partial charge in [-0.05, 0) is 18.9 Å². The molecule has 0 aliphatic heterocycles. The first-order valence-electron chi connectivity index (χ1n) is 7.95. The van der Waals surface area contributed by atoms with Crippen molar-refractivity contribution in [2.45, 2.75) is 31.7 Å². The first-order chi connectivity index (χ1) is 12.3. The molecule has 1 aliphatic carbocycles. The fourth-order valence-electron chi connectivity index (χ4n) is 3.38. The zero-order valence-corrected chi connectivity index (χ0v) is 13.7. The molecule has 2 aromatic rings. The van der Waals surface area contributed by atoms with Crippen LogP contribution in [0.5, 0.6) is 5.75 Å². The maximum atomic E-state index is 14.2. The molecule has 10 heteroatoms. The van der Waals surface area contributed by atoms with Gasteiger partial charge in [-0.25, -0.2) is 17.8 Å². The van der Waals surface area contributed by atoms with Crippen LogP contribution in [0.1, 0.15) is 42.1 Å². The van der Waals surface area contributed by atoms with Crippen molar-refractivity contribution >= 4 is 24.3 Å². The standard InChI is InChI=1S/C16H14BF4NO4/c1-25-15-12(19)11(18)6-9-13(15)22(8-4-2-3-5-8)7-10(14(9)23)16(24)26-17(20)21/h6-8H,2-5H2,1H3. The minimum atomic E-state index is -3.41. The number of rotatable bonds is 4. The molecule has 0 amide bonds. The third-order valence-corrected chi connectivity index (χ3v) is 4.50. The molecule has 0 spiro atoms. The Balaban J connectivity index is 2.36. The SMILES string of the molecule is COc1c(F)c(F)cc2c(=O)c(C(=O)OB(F)F)cn(C3CCCC3)c12. The van der Waals surface area contributed by atoms with Crippen molar-refractivity contribution < 1.29 is 31.6 Å². The maximum Gasteiger partial charge on any atom is 0.798 e. The summed E-state index contributed by atoms with van der Waals surface area (Å²) in [5.41, 5.74) is -1.72. The number of ether oxygens (including phenoxy) is 1. The van der Waals surface area contributed by atoms with E-state index in [9.17, 15) is 27.0 Å². The predicted octanol–water partition coefficient (Wildman–Crippen LogP) is 3.48. The summed E-state index contributed by atoms with van der Waals surface area (Å²) < 4.78 is 63.0. The van der Waals surface area contributed by atoms with Crippen LogP contribution in [0.15, 0.2) is 17.1 Å². The van der Waals surface area contributed by atoms with Crippen LogP contribution in [0.4, 0.5) is 17.4 Å². The van der Waals surface area contributed by atoms with Crippen molar-refractivity contribution in [3.63, 3.8) is 0 Å². The van der Waals surface area contributed by atoms with Crippen LogP contribution in [0.2, 0.25) is 0 Å². The summed E-state index contributed by atoms with van der Waals surface area (Å²) in [4.78, 5) is 24.4. The molecular formula is C16H14BF4NO4. The second kappa shape index (κ2) is 7.01. The molecule has 0 N–H and O–H groups in total. The lowest BCUT2D eigenvalue weighted by atomic mass is 10.1. The fraction of sp³-hybridized carbons (Fsp3) is 0.375. The molecule has 26 heavy (non-hydrogen) atoms. The molecule has 3 rings (SSSR count). The van der Waals surface area contributed by atoms with E-state index in [2.05, 4.69) is 4.65 Å². The van der Waals surface area contributed by atoms with E-state index in [-0.39, 0.29) is 16.9 Å². The van der Waals surface area contributed by atoms with Crippen LogP contribution in [-0.4, -0.2) is 25.1 Å². The van der Waals surface area contributed by atoms with Crippen LogP contribution in [0.3, 0.4) is 0 Å². The molecular weight excluding hydrogens is 357 g/mol. The lowest BCUT2D eigenvalue weighted by Crippen LogP contribution is -2.25. The maximum absolute atomic E-state index is 14.2. The Morgan fingerprint density at radius 2 is 1.92 bits per heavy atom. The zero-order chi connectivity index (χ0) is 19.0. The first-order valence-corrected chi connectivity index (χ1v) is 7.95. The molecule has 1 aromatic carbocycles. The second-order valence-electron chi connectivity index (χ2n) is 5.99. The summed E-state index contributed by atoms with van der Waals surface area (Å²) in [6, 6.07) is 0.426. The summed E-state index contributed by atoms with van der Waals surface area (Å²) in [5.74, 6) is -4.61. The zero-order valence-electron chi connectivity index (χ0n) is 13.7. The van der Waals surface area contributed by atoms with Gasteiger partial charge in [-0.1, -0.05) is 12.8 Å². The van der Waals surface area contributed by atoms with E-state index >= 15 is 0 Å². The summed E-state index contributed by atoms with van der Waals surface area (Å²) >= 11 is 0. The van der Waals surface area contributed by atoms with Gasteiger partial charge in [0, 0.05) is 12.2 Å². The normalized spacial score (nSPS) is 14.7. The van der Waals surface area contributed by atoms with Gasteiger partial charge >= 0.3 is 13.4 Å². The molecule has 0 saturated heterocycles. The van der Waals surface area contributed by atoms with Gasteiger partial charge in [0.2, 0.25) is 11.2 Å². The highest BCUT2D eigenvalue weighted by molar-refractivity contribution is 6.38. The number of carbonyl (C=O) groups excluding carboxylic acids is 1. The fourth-order valence-corrected chi connectivity index (χ4v) is 3.38. The van der Waals surface area contributed by atoms with Crippen LogP contribution in [-0.2, 0) is 4.65 Å². The Bertz CT molecular complexity index is 925. The molecule has 0 unspecified atom stereocenters. The molecule has 1 saturated carbocycles. The number of fused-ring (bicyclic) bond motifs is 1. The lowest BCUT2D eigenvalue weighted by molar-refractivity contribution is 0.0693. The van der Waals surface area contributed by atoms with Crippen molar-refractivity contribution in [3.05, 3.63) is 39.7 Å². The highest BCUT2D eigenvalue weighted by Gasteiger charge is 2.29. The van der Waals surface area contributed by atoms with Gasteiger partial charge in [-0.3, -0.25) is 4.79 Å². The van der Waals surface area contributed by atoms with Crippen molar-refractivity contribution in [1.29, 1.82) is 0 Å². The first kappa shape index (κ1) is 18.3. The molecule has 1 fully saturated rings. The molecule has 1 heterocycles. The van der Waals surface area contributed by atoms with Crippen LogP contribution in [0.25, 0.3) is 10.9 Å². The quantitative estimate of drug-likeness (QED) is 0.610. The lowest BCUT2D eigenvalue weighted by Gasteiger charge is -2.21. The van der Waals surface area contributed by atoms with Gasteiger partial charge < -0.3 is 14.0 Å². The number of benzene rings is 1. The minimum Gasteiger partial charge on any atom is -0.491 e. The third kappa shape index (κ3) is 3.04. The number of carbonyl (C=O) groups is 1. The van der Waals surface area contributed by atoms with Gasteiger partial charge in [0.15, 0.2) is 11.6 Å².